The lowest BCUT2D eigenvalue weighted by Gasteiger charge is -1.99. The molecule has 0 aliphatic heterocycles. The monoisotopic (exact) mass is 137 g/mol. The van der Waals surface area contributed by atoms with E-state index in [0.29, 0.717) is 11.6 Å². The van der Waals surface area contributed by atoms with E-state index in [0.717, 1.165) is 5.57 Å². The zero-order valence-corrected chi connectivity index (χ0v) is 6.94. The molecule has 10 heavy (non-hydrogen) atoms. The van der Waals surface area contributed by atoms with Crippen molar-refractivity contribution in [1.82, 2.24) is 0 Å². The minimum absolute atomic E-state index is 0.315. The predicted octanol–water partition coefficient (Wildman–Crippen LogP) is 2.79. The van der Waals surface area contributed by atoms with Gasteiger partial charge in [-0.25, -0.2) is 0 Å². The lowest BCUT2D eigenvalue weighted by Crippen LogP contribution is -2.00. The Morgan fingerprint density at radius 2 is 1.90 bits per heavy atom. The molecule has 0 amide bonds. The first-order valence-electron chi connectivity index (χ1n) is 3.46. The highest BCUT2D eigenvalue weighted by Gasteiger charge is 1.95. The van der Waals surface area contributed by atoms with E-state index in [1.807, 2.05) is 26.8 Å². The zero-order chi connectivity index (χ0) is 8.15. The summed E-state index contributed by atoms with van der Waals surface area (Å²) in [5, 5.41) is 7.41. The van der Waals surface area contributed by atoms with Crippen molar-refractivity contribution in [2.24, 2.45) is 5.92 Å². The fraction of sp³-hybridized carbons (Fsp3) is 0.444. The SMILES string of the molecule is C=C(C)/C=C\C(=N)C(C)C. The summed E-state index contributed by atoms with van der Waals surface area (Å²) < 4.78 is 0. The molecule has 0 aliphatic rings. The van der Waals surface area contributed by atoms with Gasteiger partial charge in [0.25, 0.3) is 0 Å². The summed E-state index contributed by atoms with van der Waals surface area (Å²) in [6, 6.07) is 0. The molecule has 0 bridgehead atoms. The average Bonchev–Trinajstić information content (AvgIpc) is 1.82. The van der Waals surface area contributed by atoms with Gasteiger partial charge in [-0.1, -0.05) is 32.1 Å². The molecule has 56 valence electrons. The summed E-state index contributed by atoms with van der Waals surface area (Å²) in [6.45, 7) is 9.63. The van der Waals surface area contributed by atoms with Crippen molar-refractivity contribution >= 4 is 5.71 Å². The van der Waals surface area contributed by atoms with Gasteiger partial charge in [0, 0.05) is 5.71 Å². The van der Waals surface area contributed by atoms with E-state index in [1.54, 1.807) is 6.08 Å². The fourth-order valence-corrected chi connectivity index (χ4v) is 0.424. The third kappa shape index (κ3) is 4.07. The molecule has 0 unspecified atom stereocenters. The molecule has 0 aliphatic carbocycles. The zero-order valence-electron chi connectivity index (χ0n) is 6.94. The van der Waals surface area contributed by atoms with Gasteiger partial charge < -0.3 is 5.41 Å². The van der Waals surface area contributed by atoms with Crippen molar-refractivity contribution in [3.05, 3.63) is 24.3 Å². The number of rotatable bonds is 3. The van der Waals surface area contributed by atoms with Crippen LogP contribution in [0.15, 0.2) is 24.3 Å². The summed E-state index contributed by atoms with van der Waals surface area (Å²) in [4.78, 5) is 0. The Kier molecular flexibility index (Phi) is 3.70. The van der Waals surface area contributed by atoms with Gasteiger partial charge in [0.15, 0.2) is 0 Å². The van der Waals surface area contributed by atoms with Gasteiger partial charge in [-0.05, 0) is 18.9 Å². The van der Waals surface area contributed by atoms with Crippen molar-refractivity contribution in [2.45, 2.75) is 20.8 Å². The van der Waals surface area contributed by atoms with Gasteiger partial charge >= 0.3 is 0 Å². The molecule has 0 heterocycles. The second kappa shape index (κ2) is 4.04. The summed E-state index contributed by atoms with van der Waals surface area (Å²) in [6.07, 6.45) is 3.66. The quantitative estimate of drug-likeness (QED) is 0.457. The molecule has 1 heteroatoms. The molecule has 1 nitrogen and oxygen atoms in total. The van der Waals surface area contributed by atoms with E-state index in [-0.39, 0.29) is 0 Å². The van der Waals surface area contributed by atoms with Gasteiger partial charge in [-0.3, -0.25) is 0 Å². The molecule has 0 saturated heterocycles. The van der Waals surface area contributed by atoms with Crippen LogP contribution in [0.3, 0.4) is 0 Å². The maximum Gasteiger partial charge on any atom is 0.0339 e. The van der Waals surface area contributed by atoms with Crippen LogP contribution in [0.5, 0.6) is 0 Å². The molecular weight excluding hydrogens is 122 g/mol. The van der Waals surface area contributed by atoms with Crippen LogP contribution >= 0.6 is 0 Å². The first kappa shape index (κ1) is 9.15. The van der Waals surface area contributed by atoms with Gasteiger partial charge in [0.2, 0.25) is 0 Å². The average molecular weight is 137 g/mol. The Morgan fingerprint density at radius 3 is 2.20 bits per heavy atom. The van der Waals surface area contributed by atoms with Crippen molar-refractivity contribution in [2.75, 3.05) is 0 Å². The number of hydrogen-bond donors (Lipinski definition) is 1. The fourth-order valence-electron chi connectivity index (χ4n) is 0.424. The highest BCUT2D eigenvalue weighted by molar-refractivity contribution is 5.93. The van der Waals surface area contributed by atoms with Crippen LogP contribution in [0, 0.1) is 11.3 Å². The molecule has 0 aromatic heterocycles. The van der Waals surface area contributed by atoms with Crippen molar-refractivity contribution in [3.8, 4) is 0 Å². The van der Waals surface area contributed by atoms with Crippen LogP contribution in [-0.4, -0.2) is 5.71 Å². The van der Waals surface area contributed by atoms with Crippen molar-refractivity contribution in [1.29, 1.82) is 5.41 Å². The number of hydrogen-bond acceptors (Lipinski definition) is 1. The molecule has 0 aromatic rings. The summed E-state index contributed by atoms with van der Waals surface area (Å²) in [7, 11) is 0. The molecule has 1 N–H and O–H groups in total. The Balaban J connectivity index is 3.90. The minimum atomic E-state index is 0.315. The van der Waals surface area contributed by atoms with Crippen LogP contribution in [-0.2, 0) is 0 Å². The van der Waals surface area contributed by atoms with Gasteiger partial charge in [-0.2, -0.15) is 0 Å². The Morgan fingerprint density at radius 1 is 1.40 bits per heavy atom. The highest BCUT2D eigenvalue weighted by Crippen LogP contribution is 1.98. The van der Waals surface area contributed by atoms with Crippen molar-refractivity contribution in [3.63, 3.8) is 0 Å². The largest absolute Gasteiger partial charge is 0.305 e. The Hall–Kier alpha value is -0.850. The molecule has 0 aromatic carbocycles. The standard InChI is InChI=1S/C9H15N/c1-7(2)5-6-9(10)8(3)4/h5-6,8,10H,1H2,2-4H3/b6-5-,10-9?. The third-order valence-electron chi connectivity index (χ3n) is 1.17. The minimum Gasteiger partial charge on any atom is -0.305 e. The lowest BCUT2D eigenvalue weighted by atomic mass is 10.1. The van der Waals surface area contributed by atoms with E-state index < -0.39 is 0 Å². The van der Waals surface area contributed by atoms with Crippen LogP contribution in [0.1, 0.15) is 20.8 Å². The van der Waals surface area contributed by atoms with Crippen LogP contribution in [0.2, 0.25) is 0 Å². The molecule has 0 rings (SSSR count). The number of allylic oxidation sites excluding steroid dienone is 3. The molecule has 0 radical (unpaired) electrons. The normalized spacial score (nSPS) is 10.8. The summed E-state index contributed by atoms with van der Waals surface area (Å²) in [5.74, 6) is 0.315. The van der Waals surface area contributed by atoms with Gasteiger partial charge in [-0.15, -0.1) is 0 Å². The lowest BCUT2D eigenvalue weighted by molar-refractivity contribution is 0.882. The predicted molar refractivity (Wildman–Crippen MR) is 46.5 cm³/mol. The van der Waals surface area contributed by atoms with E-state index >= 15 is 0 Å². The van der Waals surface area contributed by atoms with Crippen LogP contribution in [0.4, 0.5) is 0 Å². The molecule has 0 saturated carbocycles. The van der Waals surface area contributed by atoms with Crippen LogP contribution < -0.4 is 0 Å². The smallest absolute Gasteiger partial charge is 0.0339 e. The summed E-state index contributed by atoms with van der Waals surface area (Å²) >= 11 is 0. The Bertz CT molecular complexity index is 164. The third-order valence-corrected chi connectivity index (χ3v) is 1.17. The summed E-state index contributed by atoms with van der Waals surface area (Å²) in [5.41, 5.74) is 1.65. The molecule has 0 fully saturated rings. The van der Waals surface area contributed by atoms with E-state index in [2.05, 4.69) is 6.58 Å². The Labute approximate surface area is 63.0 Å². The first-order chi connectivity index (χ1) is 4.54. The van der Waals surface area contributed by atoms with E-state index in [4.69, 9.17) is 5.41 Å². The molecule has 0 spiro atoms. The molecule has 0 atom stereocenters. The van der Waals surface area contributed by atoms with Gasteiger partial charge in [0.1, 0.15) is 0 Å². The maximum absolute atomic E-state index is 7.41. The van der Waals surface area contributed by atoms with Crippen LogP contribution in [0.25, 0.3) is 0 Å². The number of nitrogens with one attached hydrogen (secondary N) is 1. The van der Waals surface area contributed by atoms with E-state index in [9.17, 15) is 0 Å². The first-order valence-corrected chi connectivity index (χ1v) is 3.46. The topological polar surface area (TPSA) is 23.9 Å². The second-order valence-electron chi connectivity index (χ2n) is 2.79. The highest BCUT2D eigenvalue weighted by atomic mass is 14.4. The molecular formula is C9H15N. The second-order valence-corrected chi connectivity index (χ2v) is 2.79. The van der Waals surface area contributed by atoms with Gasteiger partial charge in [0.05, 0.1) is 0 Å². The van der Waals surface area contributed by atoms with E-state index in [1.165, 1.54) is 0 Å². The maximum atomic E-state index is 7.41. The van der Waals surface area contributed by atoms with Crippen molar-refractivity contribution < 1.29 is 0 Å².